The molecule has 162 valence electrons. The molecule has 0 aromatic heterocycles. The van der Waals surface area contributed by atoms with E-state index in [2.05, 4.69) is 27.3 Å². The number of amides is 1. The van der Waals surface area contributed by atoms with Crippen LogP contribution in [0.25, 0.3) is 0 Å². The number of nitrogens with one attached hydrogen (secondary N) is 2. The van der Waals surface area contributed by atoms with Gasteiger partial charge in [-0.25, -0.2) is 0 Å². The van der Waals surface area contributed by atoms with Crippen molar-refractivity contribution in [2.45, 2.75) is 51.8 Å². The molecule has 0 spiro atoms. The number of likely N-dealkylation sites (tertiary alicyclic amines) is 1. The Morgan fingerprint density at radius 2 is 2.14 bits per heavy atom. The molecule has 1 aliphatic heterocycles. The summed E-state index contributed by atoms with van der Waals surface area (Å²) in [6, 6.07) is 4.88. The predicted octanol–water partition coefficient (Wildman–Crippen LogP) is 2.75. The van der Waals surface area contributed by atoms with E-state index in [9.17, 15) is 13.6 Å². The van der Waals surface area contributed by atoms with Crippen LogP contribution in [0.5, 0.6) is 11.5 Å². The van der Waals surface area contributed by atoms with Gasteiger partial charge in [0, 0.05) is 44.7 Å². The lowest BCUT2D eigenvalue weighted by Crippen LogP contribution is -2.41. The standard InChI is InChI=1S/C20H30F2N4O3/c1-4-15(26-11-5-6-18(26)27)9-10-24-20(23-2)25-13-14-12-16(28-3)7-8-17(14)29-19(21)22/h7-8,12,15,19H,4-6,9-11,13H2,1-3H3,(H2,23,24,25). The van der Waals surface area contributed by atoms with Crippen molar-refractivity contribution in [2.75, 3.05) is 27.2 Å². The number of hydrogen-bond donors (Lipinski definition) is 2. The quantitative estimate of drug-likeness (QED) is 0.457. The Morgan fingerprint density at radius 3 is 2.72 bits per heavy atom. The second-order valence-electron chi connectivity index (χ2n) is 6.75. The van der Waals surface area contributed by atoms with Gasteiger partial charge in [-0.05, 0) is 37.5 Å². The Morgan fingerprint density at radius 1 is 1.34 bits per heavy atom. The topological polar surface area (TPSA) is 75.2 Å². The summed E-state index contributed by atoms with van der Waals surface area (Å²) in [6.45, 7) is 0.879. The Labute approximate surface area is 170 Å². The third-order valence-corrected chi connectivity index (χ3v) is 4.95. The Bertz CT molecular complexity index is 700. The minimum absolute atomic E-state index is 0.0855. The van der Waals surface area contributed by atoms with Crippen LogP contribution in [0.15, 0.2) is 23.2 Å². The van der Waals surface area contributed by atoms with Gasteiger partial charge >= 0.3 is 6.61 Å². The van der Waals surface area contributed by atoms with E-state index >= 15 is 0 Å². The summed E-state index contributed by atoms with van der Waals surface area (Å²) < 4.78 is 35.0. The normalized spacial score (nSPS) is 15.6. The number of carbonyl (C=O) groups excluding carboxylic acids is 1. The molecule has 2 N–H and O–H groups in total. The zero-order chi connectivity index (χ0) is 21.2. The first kappa shape index (κ1) is 22.7. The van der Waals surface area contributed by atoms with Gasteiger partial charge in [0.1, 0.15) is 11.5 Å². The fourth-order valence-corrected chi connectivity index (χ4v) is 3.42. The fraction of sp³-hybridized carbons (Fsp3) is 0.600. The smallest absolute Gasteiger partial charge is 0.387 e. The lowest BCUT2D eigenvalue weighted by Gasteiger charge is -2.27. The van der Waals surface area contributed by atoms with Crippen LogP contribution in [0, 0.1) is 0 Å². The van der Waals surface area contributed by atoms with Gasteiger partial charge in [0.25, 0.3) is 0 Å². The van der Waals surface area contributed by atoms with E-state index in [0.717, 1.165) is 25.8 Å². The van der Waals surface area contributed by atoms with E-state index < -0.39 is 6.61 Å². The average Bonchev–Trinajstić information content (AvgIpc) is 3.13. The Balaban J connectivity index is 1.89. The molecule has 7 nitrogen and oxygen atoms in total. The first-order valence-corrected chi connectivity index (χ1v) is 9.84. The van der Waals surface area contributed by atoms with Gasteiger partial charge in [0.2, 0.25) is 5.91 Å². The van der Waals surface area contributed by atoms with E-state index in [4.69, 9.17) is 4.74 Å². The molecule has 1 saturated heterocycles. The molecule has 0 aliphatic carbocycles. The number of methoxy groups -OCH3 is 1. The zero-order valence-electron chi connectivity index (χ0n) is 17.2. The minimum atomic E-state index is -2.90. The van der Waals surface area contributed by atoms with Crippen molar-refractivity contribution in [1.82, 2.24) is 15.5 Å². The van der Waals surface area contributed by atoms with Crippen molar-refractivity contribution in [3.8, 4) is 11.5 Å². The molecule has 9 heteroatoms. The first-order chi connectivity index (χ1) is 14.0. The SMILES string of the molecule is CCC(CCNC(=NC)NCc1cc(OC)ccc1OC(F)F)N1CCCC1=O. The number of rotatable bonds is 10. The highest BCUT2D eigenvalue weighted by Gasteiger charge is 2.26. The molecule has 0 saturated carbocycles. The Hall–Kier alpha value is -2.58. The lowest BCUT2D eigenvalue weighted by molar-refractivity contribution is -0.129. The van der Waals surface area contributed by atoms with Crippen LogP contribution in [0.1, 0.15) is 38.2 Å². The van der Waals surface area contributed by atoms with Crippen molar-refractivity contribution in [2.24, 2.45) is 4.99 Å². The van der Waals surface area contributed by atoms with Crippen LogP contribution >= 0.6 is 0 Å². The maximum absolute atomic E-state index is 12.6. The van der Waals surface area contributed by atoms with Gasteiger partial charge in [-0.3, -0.25) is 9.79 Å². The third-order valence-electron chi connectivity index (χ3n) is 4.95. The zero-order valence-corrected chi connectivity index (χ0v) is 17.2. The lowest BCUT2D eigenvalue weighted by atomic mass is 10.1. The molecule has 1 fully saturated rings. The van der Waals surface area contributed by atoms with Crippen molar-refractivity contribution in [1.29, 1.82) is 0 Å². The molecular weight excluding hydrogens is 382 g/mol. The molecule has 1 heterocycles. The first-order valence-electron chi connectivity index (χ1n) is 9.84. The second-order valence-corrected chi connectivity index (χ2v) is 6.75. The largest absolute Gasteiger partial charge is 0.497 e. The number of carbonyl (C=O) groups is 1. The van der Waals surface area contributed by atoms with Crippen LogP contribution in [-0.4, -0.2) is 56.7 Å². The van der Waals surface area contributed by atoms with Crippen LogP contribution in [0.2, 0.25) is 0 Å². The number of benzene rings is 1. The molecule has 2 rings (SSSR count). The van der Waals surface area contributed by atoms with Crippen molar-refractivity contribution in [3.05, 3.63) is 23.8 Å². The van der Waals surface area contributed by atoms with Gasteiger partial charge in [-0.2, -0.15) is 8.78 Å². The highest BCUT2D eigenvalue weighted by Crippen LogP contribution is 2.25. The minimum Gasteiger partial charge on any atom is -0.497 e. The summed E-state index contributed by atoms with van der Waals surface area (Å²) >= 11 is 0. The molecule has 1 aromatic carbocycles. The highest BCUT2D eigenvalue weighted by atomic mass is 19.3. The van der Waals surface area contributed by atoms with Gasteiger partial charge in [-0.1, -0.05) is 6.92 Å². The van der Waals surface area contributed by atoms with E-state index in [0.29, 0.717) is 30.2 Å². The van der Waals surface area contributed by atoms with E-state index in [1.165, 1.54) is 13.2 Å². The summed E-state index contributed by atoms with van der Waals surface area (Å²) in [5.41, 5.74) is 0.529. The molecule has 1 aliphatic rings. The molecular formula is C20H30F2N4O3. The number of halogens is 2. The molecule has 1 unspecified atom stereocenters. The third kappa shape index (κ3) is 6.76. The van der Waals surface area contributed by atoms with Crippen LogP contribution in [0.4, 0.5) is 8.78 Å². The number of hydrogen-bond acceptors (Lipinski definition) is 4. The molecule has 0 bridgehead atoms. The Kier molecular flexibility index (Phi) is 8.95. The van der Waals surface area contributed by atoms with Crippen LogP contribution < -0.4 is 20.1 Å². The fourth-order valence-electron chi connectivity index (χ4n) is 3.42. The predicted molar refractivity (Wildman–Crippen MR) is 107 cm³/mol. The second kappa shape index (κ2) is 11.4. The van der Waals surface area contributed by atoms with Crippen molar-refractivity contribution >= 4 is 11.9 Å². The van der Waals surface area contributed by atoms with Gasteiger partial charge < -0.3 is 25.0 Å². The van der Waals surface area contributed by atoms with Crippen LogP contribution in [-0.2, 0) is 11.3 Å². The highest BCUT2D eigenvalue weighted by molar-refractivity contribution is 5.80. The maximum atomic E-state index is 12.6. The van der Waals surface area contributed by atoms with Crippen molar-refractivity contribution in [3.63, 3.8) is 0 Å². The summed E-state index contributed by atoms with van der Waals surface area (Å²) in [6.07, 6.45) is 3.27. The molecule has 1 atom stereocenters. The summed E-state index contributed by atoms with van der Waals surface area (Å²) in [4.78, 5) is 18.1. The maximum Gasteiger partial charge on any atom is 0.387 e. The summed E-state index contributed by atoms with van der Waals surface area (Å²) in [7, 11) is 3.15. The van der Waals surface area contributed by atoms with Crippen molar-refractivity contribution < 1.29 is 23.0 Å². The van der Waals surface area contributed by atoms with Gasteiger partial charge in [0.05, 0.1) is 7.11 Å². The van der Waals surface area contributed by atoms with Gasteiger partial charge in [0.15, 0.2) is 5.96 Å². The number of alkyl halides is 2. The average molecular weight is 412 g/mol. The molecule has 29 heavy (non-hydrogen) atoms. The monoisotopic (exact) mass is 412 g/mol. The van der Waals surface area contributed by atoms with E-state index in [-0.39, 0.29) is 24.2 Å². The summed E-state index contributed by atoms with van der Waals surface area (Å²) in [5.74, 6) is 1.40. The number of ether oxygens (including phenoxy) is 2. The van der Waals surface area contributed by atoms with Crippen LogP contribution in [0.3, 0.4) is 0 Å². The molecule has 1 amide bonds. The number of nitrogens with zero attached hydrogens (tertiary/aromatic N) is 2. The van der Waals surface area contributed by atoms with Gasteiger partial charge in [-0.15, -0.1) is 0 Å². The summed E-state index contributed by atoms with van der Waals surface area (Å²) in [5, 5.41) is 6.31. The molecule has 0 radical (unpaired) electrons. The van der Waals surface area contributed by atoms with E-state index in [1.54, 1.807) is 19.2 Å². The number of guanidine groups is 1. The van der Waals surface area contributed by atoms with E-state index in [1.807, 2.05) is 4.90 Å². The number of aliphatic imine (C=N–C) groups is 1. The molecule has 1 aromatic rings.